The quantitative estimate of drug-likeness (QED) is 0.493. The first-order valence-corrected chi connectivity index (χ1v) is 12.6. The fraction of sp³-hybridized carbons (Fsp3) is 0.429. The minimum atomic E-state index is -3.20. The van der Waals surface area contributed by atoms with Crippen LogP contribution in [0.2, 0.25) is 0 Å². The molecule has 0 bridgehead atoms. The molecule has 11 nitrogen and oxygen atoms in total. The van der Waals surface area contributed by atoms with Gasteiger partial charge in [-0.3, -0.25) is 4.79 Å². The number of hydrogen-bond donors (Lipinski definition) is 3. The molecular weight excluding hydrogens is 444 g/mol. The van der Waals surface area contributed by atoms with Crippen LogP contribution in [0, 0.1) is 17.8 Å². The van der Waals surface area contributed by atoms with E-state index in [-0.39, 0.29) is 29.7 Å². The molecule has 1 saturated carbocycles. The molecule has 4 heterocycles. The van der Waals surface area contributed by atoms with Crippen molar-refractivity contribution >= 4 is 33.1 Å². The largest absolute Gasteiger partial charge is 0.380 e. The molecule has 1 amide bonds. The van der Waals surface area contributed by atoms with Crippen LogP contribution in [-0.2, 0) is 10.0 Å². The second-order valence-electron chi connectivity index (χ2n) is 9.04. The highest BCUT2D eigenvalue weighted by Crippen LogP contribution is 2.44. The van der Waals surface area contributed by atoms with E-state index in [1.54, 1.807) is 21.2 Å². The first kappa shape index (κ1) is 21.6. The molecular formula is C21H26N8O3S. The van der Waals surface area contributed by atoms with Gasteiger partial charge in [-0.2, -0.15) is 5.10 Å². The lowest BCUT2D eigenvalue weighted by Gasteiger charge is -2.25. The minimum Gasteiger partial charge on any atom is -0.380 e. The lowest BCUT2D eigenvalue weighted by atomic mass is 9.93. The highest BCUT2D eigenvalue weighted by molar-refractivity contribution is 7.88. The summed E-state index contributed by atoms with van der Waals surface area (Å²) in [7, 11) is -3.20. The van der Waals surface area contributed by atoms with Gasteiger partial charge in [0.25, 0.3) is 5.91 Å². The normalized spacial score (nSPS) is 25.4. The monoisotopic (exact) mass is 470 g/mol. The molecule has 2 aliphatic rings. The van der Waals surface area contributed by atoms with E-state index < -0.39 is 15.9 Å². The zero-order chi connectivity index (χ0) is 23.5. The lowest BCUT2D eigenvalue weighted by molar-refractivity contribution is 0.100. The van der Waals surface area contributed by atoms with Gasteiger partial charge in [-0.25, -0.2) is 27.2 Å². The summed E-state index contributed by atoms with van der Waals surface area (Å²) in [5, 5.41) is 7.91. The second kappa shape index (κ2) is 7.66. The van der Waals surface area contributed by atoms with E-state index in [9.17, 15) is 13.2 Å². The number of nitrogen functional groups attached to an aromatic ring is 1. The Morgan fingerprint density at radius 3 is 2.55 bits per heavy atom. The van der Waals surface area contributed by atoms with E-state index in [1.165, 1.54) is 12.5 Å². The van der Waals surface area contributed by atoms with Crippen molar-refractivity contribution < 1.29 is 13.2 Å². The number of fused-ring (bicyclic) bond motifs is 2. The van der Waals surface area contributed by atoms with Crippen molar-refractivity contribution in [3.05, 3.63) is 36.4 Å². The van der Waals surface area contributed by atoms with Crippen LogP contribution in [0.1, 0.15) is 23.7 Å². The van der Waals surface area contributed by atoms with E-state index in [0.29, 0.717) is 29.9 Å². The number of sulfonamides is 1. The Hall–Kier alpha value is -3.25. The Kier molecular flexibility index (Phi) is 5.01. The standard InChI is InChI=1S/C21H26N8O3S/c1-11-16-10-28(33(2,31)32)8-13(16)3-17(11)27-19-15(20(22)30)7-26-29-9-12(4-18(19)29)14-5-24-21(23)25-6-14/h4-7,9,11,13,16-17,27H,3,8,10H2,1-2H3,(H2,22,30)(H2,23,24,25)/t11-,13+,16-,17+/m0/s1. The zero-order valence-corrected chi connectivity index (χ0v) is 19.2. The van der Waals surface area contributed by atoms with E-state index in [0.717, 1.165) is 17.5 Å². The van der Waals surface area contributed by atoms with Gasteiger partial charge in [0, 0.05) is 48.8 Å². The number of nitrogens with two attached hydrogens (primary N) is 2. The highest BCUT2D eigenvalue weighted by Gasteiger charge is 2.48. The third-order valence-corrected chi connectivity index (χ3v) is 8.27. The molecule has 2 fully saturated rings. The second-order valence-corrected chi connectivity index (χ2v) is 11.0. The molecule has 0 aromatic carbocycles. The van der Waals surface area contributed by atoms with Gasteiger partial charge in [0.15, 0.2) is 0 Å². The van der Waals surface area contributed by atoms with Gasteiger partial charge in [0.1, 0.15) is 0 Å². The molecule has 3 aromatic rings. The van der Waals surface area contributed by atoms with Crippen molar-refractivity contribution in [3.8, 4) is 11.1 Å². The van der Waals surface area contributed by atoms with Crippen LogP contribution in [0.15, 0.2) is 30.9 Å². The van der Waals surface area contributed by atoms with Crippen LogP contribution in [-0.4, -0.2) is 63.6 Å². The molecule has 5 rings (SSSR count). The molecule has 0 radical (unpaired) electrons. The van der Waals surface area contributed by atoms with Crippen LogP contribution in [0.5, 0.6) is 0 Å². The van der Waals surface area contributed by atoms with Crippen LogP contribution >= 0.6 is 0 Å². The van der Waals surface area contributed by atoms with E-state index in [4.69, 9.17) is 11.5 Å². The van der Waals surface area contributed by atoms with Crippen molar-refractivity contribution in [2.45, 2.75) is 19.4 Å². The maximum Gasteiger partial charge on any atom is 0.252 e. The van der Waals surface area contributed by atoms with Crippen molar-refractivity contribution in [2.24, 2.45) is 23.5 Å². The first-order valence-electron chi connectivity index (χ1n) is 10.7. The van der Waals surface area contributed by atoms with Crippen molar-refractivity contribution in [1.82, 2.24) is 23.9 Å². The highest BCUT2D eigenvalue weighted by atomic mass is 32.2. The predicted octanol–water partition coefficient (Wildman–Crippen LogP) is 0.800. The molecule has 3 aromatic heterocycles. The van der Waals surface area contributed by atoms with Gasteiger partial charge in [-0.15, -0.1) is 0 Å². The zero-order valence-electron chi connectivity index (χ0n) is 18.3. The Morgan fingerprint density at radius 1 is 1.18 bits per heavy atom. The fourth-order valence-electron chi connectivity index (χ4n) is 5.23. The molecule has 1 aliphatic carbocycles. The molecule has 5 N–H and O–H groups in total. The Morgan fingerprint density at radius 2 is 1.91 bits per heavy atom. The number of amides is 1. The van der Waals surface area contributed by atoms with E-state index in [1.807, 2.05) is 12.3 Å². The minimum absolute atomic E-state index is 0.0733. The summed E-state index contributed by atoms with van der Waals surface area (Å²) in [6.07, 6.45) is 8.63. The number of hydrogen-bond acceptors (Lipinski definition) is 8. The number of carbonyl (C=O) groups is 1. The summed E-state index contributed by atoms with van der Waals surface area (Å²) in [4.78, 5) is 20.3. The van der Waals surface area contributed by atoms with Crippen LogP contribution in [0.4, 0.5) is 11.6 Å². The first-order chi connectivity index (χ1) is 15.6. The number of rotatable bonds is 5. The smallest absolute Gasteiger partial charge is 0.252 e. The summed E-state index contributed by atoms with van der Waals surface area (Å²) >= 11 is 0. The Bertz CT molecular complexity index is 1340. The van der Waals surface area contributed by atoms with E-state index in [2.05, 4.69) is 27.3 Å². The molecule has 12 heteroatoms. The number of anilines is 2. The fourth-order valence-corrected chi connectivity index (χ4v) is 6.13. The number of carbonyl (C=O) groups excluding carboxylic acids is 1. The Balaban J connectivity index is 1.48. The third-order valence-electron chi connectivity index (χ3n) is 7.03. The van der Waals surface area contributed by atoms with Crippen molar-refractivity contribution in [1.29, 1.82) is 0 Å². The average molecular weight is 471 g/mol. The van der Waals surface area contributed by atoms with Crippen molar-refractivity contribution in [3.63, 3.8) is 0 Å². The SMILES string of the molecule is C[C@H]1[C@@H]2CN(S(C)(=O)=O)C[C@H]2C[C@H]1Nc1c(C(N)=O)cnn2cc(-c3cnc(N)nc3)cc12. The maximum atomic E-state index is 12.2. The topological polar surface area (TPSA) is 162 Å². The summed E-state index contributed by atoms with van der Waals surface area (Å²) in [6.45, 7) is 3.20. The summed E-state index contributed by atoms with van der Waals surface area (Å²) < 4.78 is 27.2. The van der Waals surface area contributed by atoms with Gasteiger partial charge < -0.3 is 16.8 Å². The summed E-state index contributed by atoms with van der Waals surface area (Å²) in [6, 6.07) is 1.98. The van der Waals surface area contributed by atoms with Gasteiger partial charge in [-0.05, 0) is 30.2 Å². The number of nitrogens with zero attached hydrogens (tertiary/aromatic N) is 5. The molecule has 174 valence electrons. The lowest BCUT2D eigenvalue weighted by Crippen LogP contribution is -2.33. The maximum absolute atomic E-state index is 12.2. The van der Waals surface area contributed by atoms with Crippen LogP contribution < -0.4 is 16.8 Å². The molecule has 1 saturated heterocycles. The molecule has 0 spiro atoms. The van der Waals surface area contributed by atoms with Crippen LogP contribution in [0.3, 0.4) is 0 Å². The summed E-state index contributed by atoms with van der Waals surface area (Å²) in [5.74, 6) is 0.378. The van der Waals surface area contributed by atoms with Crippen molar-refractivity contribution in [2.75, 3.05) is 30.4 Å². The van der Waals surface area contributed by atoms with Crippen LogP contribution in [0.25, 0.3) is 16.6 Å². The average Bonchev–Trinajstić information content (AvgIpc) is 3.43. The number of aromatic nitrogens is 4. The number of primary amides is 1. The number of nitrogens with one attached hydrogen (secondary N) is 1. The van der Waals surface area contributed by atoms with E-state index >= 15 is 0 Å². The Labute approximate surface area is 191 Å². The van der Waals surface area contributed by atoms with Gasteiger partial charge in [-0.1, -0.05) is 6.92 Å². The van der Waals surface area contributed by atoms with Gasteiger partial charge in [0.05, 0.1) is 29.2 Å². The molecule has 33 heavy (non-hydrogen) atoms. The van der Waals surface area contributed by atoms with Gasteiger partial charge in [0.2, 0.25) is 16.0 Å². The molecule has 0 unspecified atom stereocenters. The van der Waals surface area contributed by atoms with Gasteiger partial charge >= 0.3 is 0 Å². The molecule has 1 aliphatic heterocycles. The third kappa shape index (κ3) is 3.78. The summed E-state index contributed by atoms with van der Waals surface area (Å²) in [5.41, 5.74) is 14.5. The predicted molar refractivity (Wildman–Crippen MR) is 124 cm³/mol. The molecule has 4 atom stereocenters.